The van der Waals surface area contributed by atoms with Gasteiger partial charge in [-0.15, -0.1) is 0 Å². The predicted molar refractivity (Wildman–Crippen MR) is 95.3 cm³/mol. The molecule has 0 saturated carbocycles. The van der Waals surface area contributed by atoms with Crippen LogP contribution in [0.5, 0.6) is 0 Å². The van der Waals surface area contributed by atoms with Crippen LogP contribution in [-0.2, 0) is 16.0 Å². The van der Waals surface area contributed by atoms with Gasteiger partial charge in [0.2, 0.25) is 0 Å². The lowest BCUT2D eigenvalue weighted by Crippen LogP contribution is -2.67. The average molecular weight is 324 g/mol. The fraction of sp³-hybridized carbons (Fsp3) is 0.333. The largest absolute Gasteiger partial charge is 0.461 e. The van der Waals surface area contributed by atoms with Crippen molar-refractivity contribution in [2.45, 2.75) is 36.8 Å². The van der Waals surface area contributed by atoms with Crippen molar-refractivity contribution in [3.63, 3.8) is 0 Å². The maximum Gasteiger partial charge on any atom is 0.461 e. The highest BCUT2D eigenvalue weighted by Crippen LogP contribution is 2.63. The Bertz CT molecular complexity index is 738. The van der Waals surface area contributed by atoms with Crippen LogP contribution in [0.4, 0.5) is 0 Å². The second kappa shape index (κ2) is 5.46. The van der Waals surface area contributed by atoms with Gasteiger partial charge < -0.3 is 20.1 Å². The molecule has 0 radical (unpaired) electrons. The number of rotatable bonds is 3. The van der Waals surface area contributed by atoms with Crippen LogP contribution in [0.1, 0.15) is 37.5 Å². The highest BCUT2D eigenvalue weighted by Gasteiger charge is 2.73. The molecular formula is C18H22B2O4. The molecule has 6 heteroatoms. The first kappa shape index (κ1) is 17.2. The first-order valence-corrected chi connectivity index (χ1v) is 8.10. The number of hydrogen-bond acceptors (Lipinski definition) is 4. The van der Waals surface area contributed by atoms with Crippen molar-refractivity contribution in [2.24, 2.45) is 0 Å². The summed E-state index contributed by atoms with van der Waals surface area (Å²) in [6, 6.07) is 16.8. The van der Waals surface area contributed by atoms with E-state index in [0.717, 1.165) is 11.1 Å². The average Bonchev–Trinajstić information content (AvgIpc) is 2.71. The van der Waals surface area contributed by atoms with E-state index >= 15 is 0 Å². The summed E-state index contributed by atoms with van der Waals surface area (Å²) in [5.74, 6) is 0. The van der Waals surface area contributed by atoms with Crippen molar-refractivity contribution >= 4 is 14.2 Å². The fourth-order valence-electron chi connectivity index (χ4n) is 4.74. The van der Waals surface area contributed by atoms with Gasteiger partial charge in [-0.25, -0.2) is 0 Å². The SMILES string of the molecule is CC1(C)c2ccccc2C(B(O)O)(B(O)O)C1(C)c1ccccc1. The second-order valence-electron chi connectivity index (χ2n) is 7.28. The van der Waals surface area contributed by atoms with E-state index in [1.807, 2.05) is 63.2 Å². The van der Waals surface area contributed by atoms with Gasteiger partial charge in [-0.05, 0) is 22.1 Å². The van der Waals surface area contributed by atoms with Crippen molar-refractivity contribution in [1.29, 1.82) is 0 Å². The summed E-state index contributed by atoms with van der Waals surface area (Å²) in [5, 5.41) is 39.9. The Labute approximate surface area is 143 Å². The van der Waals surface area contributed by atoms with Crippen LogP contribution >= 0.6 is 0 Å². The van der Waals surface area contributed by atoms with Crippen LogP contribution in [0.25, 0.3) is 0 Å². The van der Waals surface area contributed by atoms with E-state index < -0.39 is 30.3 Å². The van der Waals surface area contributed by atoms with Crippen molar-refractivity contribution in [3.8, 4) is 0 Å². The molecule has 1 aliphatic rings. The van der Waals surface area contributed by atoms with Crippen molar-refractivity contribution in [1.82, 2.24) is 0 Å². The molecule has 2 aromatic carbocycles. The normalized spacial score (nSPS) is 23.6. The highest BCUT2D eigenvalue weighted by molar-refractivity contribution is 6.69. The molecule has 0 aliphatic heterocycles. The Morgan fingerprint density at radius 2 is 1.12 bits per heavy atom. The smallest absolute Gasteiger partial charge is 0.427 e. The maximum absolute atomic E-state index is 10.4. The zero-order valence-electron chi connectivity index (χ0n) is 14.1. The van der Waals surface area contributed by atoms with Gasteiger partial charge in [-0.2, -0.15) is 0 Å². The summed E-state index contributed by atoms with van der Waals surface area (Å²) in [6.07, 6.45) is 0. The van der Waals surface area contributed by atoms with Crippen molar-refractivity contribution in [3.05, 3.63) is 71.3 Å². The standard InChI is InChI=1S/C18H22B2O4/c1-16(2)14-11-7-8-12-15(14)18(19(21)22,20(23)24)17(16,3)13-9-5-4-6-10-13/h4-12,21-24H,1-3H3. The van der Waals surface area contributed by atoms with Gasteiger partial charge in [0, 0.05) is 5.41 Å². The minimum Gasteiger partial charge on any atom is -0.427 e. The number of hydrogen-bond donors (Lipinski definition) is 4. The summed E-state index contributed by atoms with van der Waals surface area (Å²) >= 11 is 0. The Hall–Kier alpha value is -1.59. The maximum atomic E-state index is 10.4. The Kier molecular flexibility index (Phi) is 3.92. The van der Waals surface area contributed by atoms with Crippen LogP contribution in [0.2, 0.25) is 0 Å². The molecule has 2 aromatic rings. The highest BCUT2D eigenvalue weighted by atomic mass is 16.4. The van der Waals surface area contributed by atoms with Gasteiger partial charge in [0.15, 0.2) is 0 Å². The predicted octanol–water partition coefficient (Wildman–Crippen LogP) is 1.20. The molecule has 0 amide bonds. The summed E-state index contributed by atoms with van der Waals surface area (Å²) < 4.78 is 0. The first-order chi connectivity index (χ1) is 11.2. The van der Waals surface area contributed by atoms with Gasteiger partial charge in [0.05, 0.1) is 5.21 Å². The monoisotopic (exact) mass is 324 g/mol. The fourth-order valence-corrected chi connectivity index (χ4v) is 4.74. The third kappa shape index (κ3) is 1.80. The molecule has 0 bridgehead atoms. The molecule has 24 heavy (non-hydrogen) atoms. The van der Waals surface area contributed by atoms with E-state index in [1.54, 1.807) is 12.1 Å². The van der Waals surface area contributed by atoms with Crippen molar-refractivity contribution < 1.29 is 20.1 Å². The quantitative estimate of drug-likeness (QED) is 0.640. The van der Waals surface area contributed by atoms with Gasteiger partial charge in [0.25, 0.3) is 0 Å². The van der Waals surface area contributed by atoms with E-state index in [2.05, 4.69) is 0 Å². The van der Waals surface area contributed by atoms with Crippen LogP contribution in [0.3, 0.4) is 0 Å². The molecule has 0 saturated heterocycles. The van der Waals surface area contributed by atoms with Crippen molar-refractivity contribution in [2.75, 3.05) is 0 Å². The lowest BCUT2D eigenvalue weighted by molar-refractivity contribution is 0.202. The molecule has 1 aliphatic carbocycles. The van der Waals surface area contributed by atoms with Crippen LogP contribution < -0.4 is 0 Å². The Morgan fingerprint density at radius 1 is 0.667 bits per heavy atom. The third-order valence-corrected chi connectivity index (χ3v) is 6.29. The second-order valence-corrected chi connectivity index (χ2v) is 7.28. The van der Waals surface area contributed by atoms with Gasteiger partial charge >= 0.3 is 14.2 Å². The molecule has 0 fully saturated rings. The summed E-state index contributed by atoms with van der Waals surface area (Å²) in [4.78, 5) is 0. The Morgan fingerprint density at radius 3 is 1.62 bits per heavy atom. The number of benzene rings is 2. The summed E-state index contributed by atoms with van der Waals surface area (Å²) in [7, 11) is -3.88. The van der Waals surface area contributed by atoms with E-state index in [-0.39, 0.29) is 0 Å². The minimum atomic E-state index is -1.94. The zero-order chi connectivity index (χ0) is 17.8. The van der Waals surface area contributed by atoms with Gasteiger partial charge in [0.1, 0.15) is 0 Å². The van der Waals surface area contributed by atoms with E-state index in [9.17, 15) is 20.1 Å². The summed E-state index contributed by atoms with van der Waals surface area (Å²) in [6.45, 7) is 5.89. The molecule has 0 spiro atoms. The third-order valence-electron chi connectivity index (χ3n) is 6.29. The Balaban J connectivity index is 2.47. The minimum absolute atomic E-state index is 0.557. The van der Waals surface area contributed by atoms with Gasteiger partial charge in [-0.3, -0.25) is 0 Å². The molecule has 1 unspecified atom stereocenters. The molecule has 4 nitrogen and oxygen atoms in total. The summed E-state index contributed by atoms with van der Waals surface area (Å²) in [5.41, 5.74) is 0.766. The molecule has 3 rings (SSSR count). The molecule has 124 valence electrons. The lowest BCUT2D eigenvalue weighted by Gasteiger charge is -2.50. The van der Waals surface area contributed by atoms with Gasteiger partial charge in [-0.1, -0.05) is 75.4 Å². The zero-order valence-corrected chi connectivity index (χ0v) is 14.1. The molecule has 0 aromatic heterocycles. The first-order valence-electron chi connectivity index (χ1n) is 8.10. The van der Waals surface area contributed by atoms with Crippen LogP contribution in [0.15, 0.2) is 54.6 Å². The molecule has 0 heterocycles. The molecule has 4 N–H and O–H groups in total. The topological polar surface area (TPSA) is 80.9 Å². The van der Waals surface area contributed by atoms with Crippen LogP contribution in [-0.4, -0.2) is 34.3 Å². The molecule has 1 atom stereocenters. The number of fused-ring (bicyclic) bond motifs is 1. The lowest BCUT2D eigenvalue weighted by atomic mass is 9.28. The van der Waals surface area contributed by atoms with E-state index in [4.69, 9.17) is 0 Å². The molecular weight excluding hydrogens is 302 g/mol. The van der Waals surface area contributed by atoms with Crippen LogP contribution in [0, 0.1) is 0 Å². The van der Waals surface area contributed by atoms with E-state index in [0.29, 0.717) is 5.56 Å². The van der Waals surface area contributed by atoms with E-state index in [1.165, 1.54) is 0 Å².